The number of hydrogen-bond donors (Lipinski definition) is 1. The van der Waals surface area contributed by atoms with Crippen LogP contribution in [0.1, 0.15) is 23.9 Å². The highest BCUT2D eigenvalue weighted by molar-refractivity contribution is 7.99. The number of benzene rings is 3. The van der Waals surface area contributed by atoms with Gasteiger partial charge in [0, 0.05) is 36.7 Å². The van der Waals surface area contributed by atoms with E-state index in [1.165, 1.54) is 18.7 Å². The molecule has 0 radical (unpaired) electrons. The van der Waals surface area contributed by atoms with Crippen LogP contribution in [0.15, 0.2) is 89.2 Å². The van der Waals surface area contributed by atoms with Crippen molar-refractivity contribution in [3.8, 4) is 11.5 Å². The molecule has 0 aliphatic rings. The largest absolute Gasteiger partial charge is 0.489 e. The zero-order valence-corrected chi connectivity index (χ0v) is 24.6. The average molecular weight is 610 g/mol. The summed E-state index contributed by atoms with van der Waals surface area (Å²) in [6, 6.07) is 23.3. The van der Waals surface area contributed by atoms with E-state index in [2.05, 4.69) is 20.5 Å². The highest BCUT2D eigenvalue weighted by atomic mass is 35.5. The average Bonchev–Trinajstić information content (AvgIpc) is 3.48. The standard InChI is InChI=1S/C29H26Cl2N6O3S/c1-19(38)40-23-11-9-22(10-12-23)32-15-21-8-13-24(14-25(21)39-17-20-6-4-3-5-7-20)41-29-35-34-26(36(29)2)16-37-18-33-27(30)28(37)31/h3-14,18,32H,15-17H2,1-2H3. The second-order valence-corrected chi connectivity index (χ2v) is 10.8. The van der Waals surface area contributed by atoms with E-state index >= 15 is 0 Å². The molecule has 0 aliphatic heterocycles. The Hall–Kier alpha value is -3.99. The lowest BCUT2D eigenvalue weighted by Crippen LogP contribution is -2.06. The molecule has 41 heavy (non-hydrogen) atoms. The Kier molecular flexibility index (Phi) is 9.13. The fraction of sp³-hybridized carbons (Fsp3) is 0.172. The fourth-order valence-corrected chi connectivity index (χ4v) is 5.04. The fourth-order valence-electron chi connectivity index (χ4n) is 3.90. The highest BCUT2D eigenvalue weighted by Crippen LogP contribution is 2.32. The normalized spacial score (nSPS) is 10.9. The predicted octanol–water partition coefficient (Wildman–Crippen LogP) is 6.63. The van der Waals surface area contributed by atoms with Gasteiger partial charge in [-0.1, -0.05) is 59.6 Å². The van der Waals surface area contributed by atoms with E-state index < -0.39 is 0 Å². The topological polar surface area (TPSA) is 96.1 Å². The van der Waals surface area contributed by atoms with Gasteiger partial charge in [-0.25, -0.2) is 4.98 Å². The Labute approximate surface area is 251 Å². The Balaban J connectivity index is 1.32. The molecule has 12 heteroatoms. The van der Waals surface area contributed by atoms with Crippen LogP contribution in [-0.2, 0) is 31.5 Å². The Bertz CT molecular complexity index is 1640. The first kappa shape index (κ1) is 28.5. The summed E-state index contributed by atoms with van der Waals surface area (Å²) in [7, 11) is 1.90. The lowest BCUT2D eigenvalue weighted by Gasteiger charge is -2.15. The van der Waals surface area contributed by atoms with Gasteiger partial charge < -0.3 is 23.9 Å². The first-order valence-corrected chi connectivity index (χ1v) is 14.2. The SMILES string of the molecule is CC(=O)Oc1ccc(NCc2ccc(Sc3nnc(Cn4cnc(Cl)c4Cl)n3C)cc2OCc2ccccc2)cc1. The molecule has 0 amide bonds. The van der Waals surface area contributed by atoms with Gasteiger partial charge in [-0.3, -0.25) is 4.79 Å². The number of hydrogen-bond acceptors (Lipinski definition) is 8. The molecule has 0 atom stereocenters. The number of halogens is 2. The van der Waals surface area contributed by atoms with E-state index in [0.717, 1.165) is 32.6 Å². The third-order valence-corrected chi connectivity index (χ3v) is 7.85. The summed E-state index contributed by atoms with van der Waals surface area (Å²) in [6.45, 7) is 2.73. The maximum atomic E-state index is 11.2. The van der Waals surface area contributed by atoms with Crippen LogP contribution in [0, 0.1) is 0 Å². The molecular weight excluding hydrogens is 583 g/mol. The summed E-state index contributed by atoms with van der Waals surface area (Å²) in [5.41, 5.74) is 2.95. The predicted molar refractivity (Wildman–Crippen MR) is 159 cm³/mol. The van der Waals surface area contributed by atoms with E-state index in [1.54, 1.807) is 23.0 Å². The zero-order valence-electron chi connectivity index (χ0n) is 22.3. The molecule has 0 fully saturated rings. The van der Waals surface area contributed by atoms with Crippen LogP contribution in [0.2, 0.25) is 10.3 Å². The summed E-state index contributed by atoms with van der Waals surface area (Å²) >= 11 is 13.7. The molecular formula is C29H26Cl2N6O3S. The van der Waals surface area contributed by atoms with Crippen molar-refractivity contribution < 1.29 is 14.3 Å². The van der Waals surface area contributed by atoms with Crippen molar-refractivity contribution in [2.45, 2.75) is 36.7 Å². The molecule has 0 spiro atoms. The summed E-state index contributed by atoms with van der Waals surface area (Å²) in [6.07, 6.45) is 1.57. The van der Waals surface area contributed by atoms with E-state index in [-0.39, 0.29) is 11.1 Å². The number of carbonyl (C=O) groups is 1. The molecule has 2 heterocycles. The first-order chi connectivity index (χ1) is 19.9. The molecule has 0 unspecified atom stereocenters. The number of aromatic nitrogens is 5. The maximum Gasteiger partial charge on any atom is 0.308 e. The molecule has 0 aliphatic carbocycles. The van der Waals surface area contributed by atoms with Gasteiger partial charge in [-0.15, -0.1) is 10.2 Å². The second-order valence-electron chi connectivity index (χ2n) is 9.03. The van der Waals surface area contributed by atoms with Crippen molar-refractivity contribution in [3.05, 3.63) is 106 Å². The van der Waals surface area contributed by atoms with E-state index in [9.17, 15) is 4.79 Å². The minimum atomic E-state index is -0.353. The third kappa shape index (κ3) is 7.40. The van der Waals surface area contributed by atoms with E-state index in [4.69, 9.17) is 32.7 Å². The molecule has 3 aromatic carbocycles. The number of esters is 1. The number of ether oxygens (including phenoxy) is 2. The van der Waals surface area contributed by atoms with Gasteiger partial charge in [0.05, 0.1) is 12.9 Å². The molecule has 0 saturated heterocycles. The number of imidazole rings is 1. The maximum absolute atomic E-state index is 11.2. The molecule has 1 N–H and O–H groups in total. The summed E-state index contributed by atoms with van der Waals surface area (Å²) in [5.74, 6) is 1.61. The lowest BCUT2D eigenvalue weighted by molar-refractivity contribution is -0.131. The van der Waals surface area contributed by atoms with E-state index in [1.807, 2.05) is 72.3 Å². The third-order valence-electron chi connectivity index (χ3n) is 6.05. The van der Waals surface area contributed by atoms with Crippen molar-refractivity contribution in [2.75, 3.05) is 5.32 Å². The van der Waals surface area contributed by atoms with E-state index in [0.29, 0.717) is 36.4 Å². The number of carbonyl (C=O) groups excluding carboxylic acids is 1. The van der Waals surface area contributed by atoms with Gasteiger partial charge in [0.1, 0.15) is 23.3 Å². The smallest absolute Gasteiger partial charge is 0.308 e. The van der Waals surface area contributed by atoms with Crippen molar-refractivity contribution in [2.24, 2.45) is 7.05 Å². The summed E-state index contributed by atoms with van der Waals surface area (Å²) in [4.78, 5) is 16.2. The van der Waals surface area contributed by atoms with Crippen LogP contribution in [-0.4, -0.2) is 30.3 Å². The van der Waals surface area contributed by atoms with Crippen LogP contribution < -0.4 is 14.8 Å². The van der Waals surface area contributed by atoms with Crippen LogP contribution in [0.4, 0.5) is 5.69 Å². The van der Waals surface area contributed by atoms with Crippen LogP contribution in [0.3, 0.4) is 0 Å². The quantitative estimate of drug-likeness (QED) is 0.132. The van der Waals surface area contributed by atoms with Crippen molar-refractivity contribution in [3.63, 3.8) is 0 Å². The number of anilines is 1. The lowest BCUT2D eigenvalue weighted by atomic mass is 10.2. The van der Waals surface area contributed by atoms with Crippen molar-refractivity contribution in [1.82, 2.24) is 24.3 Å². The molecule has 0 bridgehead atoms. The first-order valence-electron chi connectivity index (χ1n) is 12.6. The number of nitrogens with one attached hydrogen (secondary N) is 1. The zero-order chi connectivity index (χ0) is 28.8. The minimum Gasteiger partial charge on any atom is -0.489 e. The van der Waals surface area contributed by atoms with Crippen LogP contribution in [0.5, 0.6) is 11.5 Å². The van der Waals surface area contributed by atoms with Gasteiger partial charge in [-0.2, -0.15) is 0 Å². The van der Waals surface area contributed by atoms with Gasteiger partial charge in [0.25, 0.3) is 0 Å². The Morgan fingerprint density at radius 2 is 1.80 bits per heavy atom. The Morgan fingerprint density at radius 1 is 1.02 bits per heavy atom. The van der Waals surface area contributed by atoms with Gasteiger partial charge in [0.15, 0.2) is 16.1 Å². The number of rotatable bonds is 11. The molecule has 0 saturated carbocycles. The molecule has 9 nitrogen and oxygen atoms in total. The van der Waals surface area contributed by atoms with Crippen LogP contribution in [0.25, 0.3) is 0 Å². The minimum absolute atomic E-state index is 0.250. The highest BCUT2D eigenvalue weighted by Gasteiger charge is 2.15. The summed E-state index contributed by atoms with van der Waals surface area (Å²) in [5, 5.41) is 13.4. The monoisotopic (exact) mass is 608 g/mol. The van der Waals surface area contributed by atoms with Crippen LogP contribution >= 0.6 is 35.0 Å². The Morgan fingerprint density at radius 3 is 2.51 bits per heavy atom. The second kappa shape index (κ2) is 13.1. The van der Waals surface area contributed by atoms with Crippen molar-refractivity contribution >= 4 is 46.6 Å². The van der Waals surface area contributed by atoms with Gasteiger partial charge in [0.2, 0.25) is 0 Å². The molecule has 2 aromatic heterocycles. The number of nitrogens with zero attached hydrogens (tertiary/aromatic N) is 5. The molecule has 210 valence electrons. The summed E-state index contributed by atoms with van der Waals surface area (Å²) < 4.78 is 15.0. The van der Waals surface area contributed by atoms with Crippen molar-refractivity contribution in [1.29, 1.82) is 0 Å². The molecule has 5 rings (SSSR count). The molecule has 5 aromatic rings. The van der Waals surface area contributed by atoms with Gasteiger partial charge >= 0.3 is 5.97 Å². The van der Waals surface area contributed by atoms with Gasteiger partial charge in [-0.05, 0) is 53.7 Å².